The van der Waals surface area contributed by atoms with Crippen molar-refractivity contribution in [3.05, 3.63) is 91.8 Å². The van der Waals surface area contributed by atoms with Gasteiger partial charge in [-0.25, -0.2) is 9.07 Å². The normalized spacial score (nSPS) is 11.6. The van der Waals surface area contributed by atoms with Crippen molar-refractivity contribution in [1.29, 1.82) is 0 Å². The third-order valence-electron chi connectivity index (χ3n) is 5.09. The largest absolute Gasteiger partial charge is 0.481 e. The van der Waals surface area contributed by atoms with E-state index < -0.39 is 35.0 Å². The van der Waals surface area contributed by atoms with E-state index in [0.717, 1.165) is 22.9 Å². The molecule has 0 unspecified atom stereocenters. The summed E-state index contributed by atoms with van der Waals surface area (Å²) in [5.74, 6) is -1.44. The average molecular weight is 569 g/mol. The van der Waals surface area contributed by atoms with Crippen molar-refractivity contribution in [2.45, 2.75) is 32.7 Å². The van der Waals surface area contributed by atoms with Crippen LogP contribution in [0.2, 0.25) is 0 Å². The summed E-state index contributed by atoms with van der Waals surface area (Å²) in [4.78, 5) is 14.2. The molecule has 0 aliphatic rings. The number of nitrogens with zero attached hydrogens (tertiary/aromatic N) is 6. The van der Waals surface area contributed by atoms with Gasteiger partial charge in [-0.1, -0.05) is 0 Å². The van der Waals surface area contributed by atoms with Crippen molar-refractivity contribution in [2.75, 3.05) is 0 Å². The summed E-state index contributed by atoms with van der Waals surface area (Å²) in [6.45, 7) is 2.06. The number of rotatable bonds is 8. The van der Waals surface area contributed by atoms with Gasteiger partial charge in [0.25, 0.3) is 0 Å². The summed E-state index contributed by atoms with van der Waals surface area (Å²) >= 11 is 3.15. The monoisotopic (exact) mass is 568 g/mol. The van der Waals surface area contributed by atoms with Crippen LogP contribution in [0, 0.1) is 15.9 Å². The first kappa shape index (κ1) is 25.3. The van der Waals surface area contributed by atoms with E-state index in [0.29, 0.717) is 16.6 Å². The van der Waals surface area contributed by atoms with E-state index in [1.54, 1.807) is 17.1 Å². The van der Waals surface area contributed by atoms with E-state index >= 15 is 0 Å². The van der Waals surface area contributed by atoms with Gasteiger partial charge in [-0.05, 0) is 62.6 Å². The number of benzene rings is 1. The Hall–Kier alpha value is -3.81. The molecule has 0 aliphatic carbocycles. The number of aromatic nitrogens is 5. The predicted molar refractivity (Wildman–Crippen MR) is 122 cm³/mol. The Labute approximate surface area is 209 Å². The van der Waals surface area contributed by atoms with Gasteiger partial charge in [0.05, 0.1) is 16.4 Å². The molecule has 0 saturated heterocycles. The fourth-order valence-electron chi connectivity index (χ4n) is 3.46. The van der Waals surface area contributed by atoms with Gasteiger partial charge in [0.1, 0.15) is 12.4 Å². The Morgan fingerprint density at radius 3 is 2.64 bits per heavy atom. The Morgan fingerprint density at radius 2 is 1.97 bits per heavy atom. The number of nitro groups is 1. The number of hydrogen-bond donors (Lipinski definition) is 0. The Balaban J connectivity index is 1.75. The van der Waals surface area contributed by atoms with Crippen LogP contribution in [0.3, 0.4) is 0 Å². The zero-order chi connectivity index (χ0) is 26.0. The van der Waals surface area contributed by atoms with Crippen LogP contribution in [-0.4, -0.2) is 29.5 Å². The molecule has 3 aromatic heterocycles. The maximum Gasteiger partial charge on any atom is 0.435 e. The van der Waals surface area contributed by atoms with E-state index in [-0.39, 0.29) is 29.1 Å². The molecule has 4 aromatic rings. The van der Waals surface area contributed by atoms with Crippen molar-refractivity contribution in [3.8, 4) is 11.4 Å². The van der Waals surface area contributed by atoms with E-state index in [4.69, 9.17) is 4.74 Å². The van der Waals surface area contributed by atoms with Gasteiger partial charge in [-0.3, -0.25) is 4.68 Å². The van der Waals surface area contributed by atoms with Crippen molar-refractivity contribution in [1.82, 2.24) is 24.5 Å². The van der Waals surface area contributed by atoms with E-state index in [9.17, 15) is 27.7 Å². The van der Waals surface area contributed by atoms with Crippen LogP contribution >= 0.6 is 15.9 Å². The van der Waals surface area contributed by atoms with Gasteiger partial charge in [0.2, 0.25) is 5.75 Å². The number of alkyl halides is 3. The average Bonchev–Trinajstić information content (AvgIpc) is 3.45. The molecule has 3 heterocycles. The number of hydrogen-bond acceptors (Lipinski definition) is 6. The molecule has 0 atom stereocenters. The lowest BCUT2D eigenvalue weighted by Gasteiger charge is -2.14. The molecule has 0 saturated carbocycles. The number of pyridine rings is 1. The van der Waals surface area contributed by atoms with Gasteiger partial charge in [-0.15, -0.1) is 0 Å². The second-order valence-corrected chi connectivity index (χ2v) is 8.52. The molecule has 188 valence electrons. The molecule has 4 rings (SSSR count). The van der Waals surface area contributed by atoms with Crippen LogP contribution in [0.4, 0.5) is 23.4 Å². The molecule has 9 nitrogen and oxygen atoms in total. The van der Waals surface area contributed by atoms with Crippen molar-refractivity contribution in [2.24, 2.45) is 0 Å². The van der Waals surface area contributed by atoms with Gasteiger partial charge >= 0.3 is 12.0 Å². The minimum Gasteiger partial charge on any atom is -0.481 e. The summed E-state index contributed by atoms with van der Waals surface area (Å²) in [6, 6.07) is 5.65. The molecule has 0 fully saturated rings. The molecule has 1 aromatic carbocycles. The highest BCUT2D eigenvalue weighted by Gasteiger charge is 2.35. The first-order chi connectivity index (χ1) is 17.0. The minimum absolute atomic E-state index is 0.0712. The highest BCUT2D eigenvalue weighted by atomic mass is 79.9. The molecule has 0 bridgehead atoms. The van der Waals surface area contributed by atoms with Crippen LogP contribution in [0.25, 0.3) is 5.69 Å². The number of ether oxygens (including phenoxy) is 1. The number of aryl methyl sites for hydroxylation is 1. The smallest absolute Gasteiger partial charge is 0.435 e. The molecule has 0 N–H and O–H groups in total. The van der Waals surface area contributed by atoms with Gasteiger partial charge in [0.15, 0.2) is 11.9 Å². The first-order valence-corrected chi connectivity index (χ1v) is 11.2. The van der Waals surface area contributed by atoms with E-state index in [1.807, 2.05) is 6.92 Å². The van der Waals surface area contributed by atoms with Crippen molar-refractivity contribution >= 4 is 21.7 Å². The summed E-state index contributed by atoms with van der Waals surface area (Å²) < 4.78 is 63.4. The van der Waals surface area contributed by atoms with Crippen molar-refractivity contribution in [3.63, 3.8) is 0 Å². The zero-order valence-corrected chi connectivity index (χ0v) is 20.1. The summed E-state index contributed by atoms with van der Waals surface area (Å²) in [5.41, 5.74) is -0.0474. The maximum absolute atomic E-state index is 14.1. The lowest BCUT2D eigenvalue weighted by atomic mass is 10.1. The Kier molecular flexibility index (Phi) is 7.06. The third kappa shape index (κ3) is 5.53. The highest BCUT2D eigenvalue weighted by Crippen LogP contribution is 2.32. The van der Waals surface area contributed by atoms with Crippen LogP contribution < -0.4 is 4.74 Å². The van der Waals surface area contributed by atoms with E-state index in [2.05, 4.69) is 31.1 Å². The van der Waals surface area contributed by atoms with Crippen LogP contribution in [0.15, 0.2) is 53.4 Å². The lowest BCUT2D eigenvalue weighted by Crippen LogP contribution is -2.11. The summed E-state index contributed by atoms with van der Waals surface area (Å²) in [6.07, 6.45) is -0.177. The maximum atomic E-state index is 14.1. The molecule has 0 spiro atoms. The van der Waals surface area contributed by atoms with E-state index in [1.165, 1.54) is 18.3 Å². The van der Waals surface area contributed by atoms with Crippen LogP contribution in [0.5, 0.6) is 5.75 Å². The Morgan fingerprint density at radius 1 is 1.19 bits per heavy atom. The molecule has 36 heavy (non-hydrogen) atoms. The second-order valence-electron chi connectivity index (χ2n) is 7.61. The molecule has 0 amide bonds. The van der Waals surface area contributed by atoms with Crippen LogP contribution in [-0.2, 0) is 25.7 Å². The molecular formula is C22H17BrF4N6O3. The Bertz CT molecular complexity index is 1420. The summed E-state index contributed by atoms with van der Waals surface area (Å²) in [7, 11) is 0. The first-order valence-electron chi connectivity index (χ1n) is 10.4. The number of halogens is 5. The predicted octanol–water partition coefficient (Wildman–Crippen LogP) is 5.48. The second kappa shape index (κ2) is 10.0. The zero-order valence-electron chi connectivity index (χ0n) is 18.5. The minimum atomic E-state index is -4.72. The van der Waals surface area contributed by atoms with Gasteiger partial charge < -0.3 is 14.9 Å². The molecule has 0 aliphatic heterocycles. The quantitative estimate of drug-likeness (QED) is 0.158. The lowest BCUT2D eigenvalue weighted by molar-refractivity contribution is -0.390. The fourth-order valence-corrected chi connectivity index (χ4v) is 3.77. The summed E-state index contributed by atoms with van der Waals surface area (Å²) in [5, 5.41) is 19.2. The SMILES string of the molecule is CCn1cc(Cc2cc(C(F)(F)F)nn2-c2ccc(F)cc2COc2cc(Br)cnc2[N+](=O)[O-])cn1. The molecular weight excluding hydrogens is 552 g/mol. The molecule has 0 radical (unpaired) electrons. The third-order valence-corrected chi connectivity index (χ3v) is 5.53. The van der Waals surface area contributed by atoms with Gasteiger partial charge in [0, 0.05) is 36.5 Å². The van der Waals surface area contributed by atoms with Crippen molar-refractivity contribution < 1.29 is 27.2 Å². The van der Waals surface area contributed by atoms with Crippen LogP contribution in [0.1, 0.15) is 29.4 Å². The standard InChI is InChI=1S/C22H17BrF4N6O3/c1-2-31-11-13(9-29-31)5-17-8-20(22(25,26)27)30-32(17)18-4-3-16(24)6-14(18)12-36-19-7-15(23)10-28-21(19)33(34)35/h3-4,6-11H,2,5,12H2,1H3. The van der Waals surface area contributed by atoms with Gasteiger partial charge in [-0.2, -0.15) is 23.4 Å². The molecule has 14 heteroatoms. The fraction of sp³-hybridized carbons (Fsp3) is 0.227. The highest BCUT2D eigenvalue weighted by molar-refractivity contribution is 9.10. The topological polar surface area (TPSA) is 101 Å².